The molecule has 1 unspecified atom stereocenters. The summed E-state index contributed by atoms with van der Waals surface area (Å²) in [6.07, 6.45) is 0.865. The first-order valence-electron chi connectivity index (χ1n) is 5.39. The van der Waals surface area contributed by atoms with Crippen LogP contribution >= 0.6 is 12.4 Å². The molecule has 2 amide bonds. The standard InChI is InChI=1S/C10H17N3O2.ClH/c1-10(2-3-11-7-10)9(15)13-5-4-12-8(14)6-13;/h11H,2-7H2,1H3,(H,12,14);1H. The van der Waals surface area contributed by atoms with Gasteiger partial charge in [-0.3, -0.25) is 9.59 Å². The SMILES string of the molecule is CC1(C(=O)N2CCNC(=O)C2)CCNC1.Cl. The largest absolute Gasteiger partial charge is 0.353 e. The number of amides is 2. The fourth-order valence-corrected chi connectivity index (χ4v) is 2.19. The zero-order valence-corrected chi connectivity index (χ0v) is 10.2. The number of nitrogens with one attached hydrogen (secondary N) is 2. The molecule has 2 N–H and O–H groups in total. The summed E-state index contributed by atoms with van der Waals surface area (Å²) in [6.45, 7) is 5.02. The van der Waals surface area contributed by atoms with Gasteiger partial charge >= 0.3 is 0 Å². The maximum absolute atomic E-state index is 12.2. The van der Waals surface area contributed by atoms with Gasteiger partial charge in [0.2, 0.25) is 11.8 Å². The molecule has 0 aromatic carbocycles. The van der Waals surface area contributed by atoms with Crippen molar-refractivity contribution in [2.75, 3.05) is 32.7 Å². The average molecular weight is 248 g/mol. The molecule has 0 aromatic rings. The van der Waals surface area contributed by atoms with Crippen molar-refractivity contribution in [2.24, 2.45) is 5.41 Å². The molecule has 2 fully saturated rings. The van der Waals surface area contributed by atoms with Crippen LogP contribution in [-0.2, 0) is 9.59 Å². The number of carbonyl (C=O) groups excluding carboxylic acids is 2. The Kier molecular flexibility index (Phi) is 4.15. The molecule has 0 spiro atoms. The Morgan fingerprint density at radius 3 is 2.75 bits per heavy atom. The van der Waals surface area contributed by atoms with Crippen LogP contribution in [0, 0.1) is 5.41 Å². The van der Waals surface area contributed by atoms with Gasteiger partial charge in [-0.25, -0.2) is 0 Å². The minimum Gasteiger partial charge on any atom is -0.353 e. The van der Waals surface area contributed by atoms with Crippen molar-refractivity contribution >= 4 is 24.2 Å². The van der Waals surface area contributed by atoms with E-state index in [0.29, 0.717) is 13.1 Å². The third-order valence-electron chi connectivity index (χ3n) is 3.21. The topological polar surface area (TPSA) is 61.4 Å². The van der Waals surface area contributed by atoms with E-state index in [1.54, 1.807) is 4.90 Å². The van der Waals surface area contributed by atoms with Crippen LogP contribution in [0.25, 0.3) is 0 Å². The molecule has 1 atom stereocenters. The lowest BCUT2D eigenvalue weighted by molar-refractivity contribution is -0.145. The summed E-state index contributed by atoms with van der Waals surface area (Å²) in [6, 6.07) is 0. The fourth-order valence-electron chi connectivity index (χ4n) is 2.19. The van der Waals surface area contributed by atoms with Crippen molar-refractivity contribution in [2.45, 2.75) is 13.3 Å². The Labute approximate surface area is 101 Å². The third-order valence-corrected chi connectivity index (χ3v) is 3.21. The third kappa shape index (κ3) is 2.47. The smallest absolute Gasteiger partial charge is 0.239 e. The first-order valence-corrected chi connectivity index (χ1v) is 5.39. The van der Waals surface area contributed by atoms with E-state index < -0.39 is 0 Å². The number of rotatable bonds is 1. The Morgan fingerprint density at radius 2 is 2.19 bits per heavy atom. The molecule has 2 rings (SSSR count). The molecule has 2 aliphatic heterocycles. The highest BCUT2D eigenvalue weighted by Gasteiger charge is 2.40. The van der Waals surface area contributed by atoms with Gasteiger partial charge in [-0.15, -0.1) is 12.4 Å². The predicted molar refractivity (Wildman–Crippen MR) is 62.4 cm³/mol. The van der Waals surface area contributed by atoms with Crippen molar-refractivity contribution in [1.82, 2.24) is 15.5 Å². The molecule has 2 heterocycles. The summed E-state index contributed by atoms with van der Waals surface area (Å²) < 4.78 is 0. The van der Waals surface area contributed by atoms with Crippen LogP contribution in [0.4, 0.5) is 0 Å². The molecule has 6 heteroatoms. The first kappa shape index (κ1) is 13.3. The molecule has 2 saturated heterocycles. The van der Waals surface area contributed by atoms with Crippen molar-refractivity contribution in [1.29, 1.82) is 0 Å². The second-order valence-corrected chi connectivity index (χ2v) is 4.56. The monoisotopic (exact) mass is 247 g/mol. The Morgan fingerprint density at radius 1 is 1.44 bits per heavy atom. The lowest BCUT2D eigenvalue weighted by Gasteiger charge is -2.33. The van der Waals surface area contributed by atoms with Crippen LogP contribution in [-0.4, -0.2) is 49.4 Å². The van der Waals surface area contributed by atoms with E-state index in [0.717, 1.165) is 19.5 Å². The van der Waals surface area contributed by atoms with E-state index in [-0.39, 0.29) is 36.2 Å². The van der Waals surface area contributed by atoms with Gasteiger partial charge < -0.3 is 15.5 Å². The second kappa shape index (κ2) is 5.01. The quantitative estimate of drug-likeness (QED) is 0.649. The number of hydrogen-bond acceptors (Lipinski definition) is 3. The summed E-state index contributed by atoms with van der Waals surface area (Å²) in [5.74, 6) is 0.0616. The van der Waals surface area contributed by atoms with Crippen LogP contribution in [0.5, 0.6) is 0 Å². The maximum Gasteiger partial charge on any atom is 0.239 e. The summed E-state index contributed by atoms with van der Waals surface area (Å²) in [5.41, 5.74) is -0.308. The molecule has 16 heavy (non-hydrogen) atoms. The zero-order chi connectivity index (χ0) is 10.9. The summed E-state index contributed by atoms with van der Waals surface area (Å²) in [4.78, 5) is 25.0. The average Bonchev–Trinajstić information content (AvgIpc) is 2.65. The first-order chi connectivity index (χ1) is 7.12. The van der Waals surface area contributed by atoms with Crippen LogP contribution < -0.4 is 10.6 Å². The van der Waals surface area contributed by atoms with Crippen molar-refractivity contribution < 1.29 is 9.59 Å². The normalized spacial score (nSPS) is 29.6. The molecule has 0 aromatic heterocycles. The number of piperazine rings is 1. The van der Waals surface area contributed by atoms with Crippen molar-refractivity contribution in [3.8, 4) is 0 Å². The lowest BCUT2D eigenvalue weighted by Crippen LogP contribution is -2.54. The van der Waals surface area contributed by atoms with Gasteiger partial charge in [-0.2, -0.15) is 0 Å². The molecule has 0 saturated carbocycles. The van der Waals surface area contributed by atoms with Crippen molar-refractivity contribution in [3.63, 3.8) is 0 Å². The molecular weight excluding hydrogens is 230 g/mol. The predicted octanol–water partition coefficient (Wildman–Crippen LogP) is -0.634. The Hall–Kier alpha value is -0.810. The van der Waals surface area contributed by atoms with E-state index in [2.05, 4.69) is 10.6 Å². The second-order valence-electron chi connectivity index (χ2n) is 4.56. The fraction of sp³-hybridized carbons (Fsp3) is 0.800. The summed E-state index contributed by atoms with van der Waals surface area (Å²) >= 11 is 0. The van der Waals surface area contributed by atoms with Gasteiger partial charge in [-0.1, -0.05) is 0 Å². The number of hydrogen-bond donors (Lipinski definition) is 2. The van der Waals surface area contributed by atoms with Crippen molar-refractivity contribution in [3.05, 3.63) is 0 Å². The number of halogens is 1. The molecule has 0 bridgehead atoms. The van der Waals surface area contributed by atoms with Crippen LogP contribution in [0.3, 0.4) is 0 Å². The molecule has 0 aliphatic carbocycles. The maximum atomic E-state index is 12.2. The lowest BCUT2D eigenvalue weighted by atomic mass is 9.88. The van der Waals surface area contributed by atoms with E-state index in [1.807, 2.05) is 6.92 Å². The molecule has 92 valence electrons. The molecule has 2 aliphatic rings. The van der Waals surface area contributed by atoms with Gasteiger partial charge in [0.1, 0.15) is 0 Å². The van der Waals surface area contributed by atoms with Gasteiger partial charge in [0.05, 0.1) is 12.0 Å². The highest BCUT2D eigenvalue weighted by Crippen LogP contribution is 2.27. The highest BCUT2D eigenvalue weighted by atomic mass is 35.5. The van der Waals surface area contributed by atoms with Gasteiger partial charge in [-0.05, 0) is 19.9 Å². The summed E-state index contributed by atoms with van der Waals surface area (Å²) in [7, 11) is 0. The Bertz CT molecular complexity index is 290. The van der Waals surface area contributed by atoms with E-state index in [4.69, 9.17) is 0 Å². The van der Waals surface area contributed by atoms with Crippen LogP contribution in [0.15, 0.2) is 0 Å². The van der Waals surface area contributed by atoms with Crippen LogP contribution in [0.2, 0.25) is 0 Å². The van der Waals surface area contributed by atoms with Gasteiger partial charge in [0.15, 0.2) is 0 Å². The zero-order valence-electron chi connectivity index (χ0n) is 9.41. The Balaban J connectivity index is 0.00000128. The van der Waals surface area contributed by atoms with Crippen LogP contribution in [0.1, 0.15) is 13.3 Å². The van der Waals surface area contributed by atoms with Gasteiger partial charge in [0.25, 0.3) is 0 Å². The van der Waals surface area contributed by atoms with E-state index >= 15 is 0 Å². The minimum atomic E-state index is -0.308. The number of carbonyl (C=O) groups is 2. The van der Waals surface area contributed by atoms with E-state index in [9.17, 15) is 9.59 Å². The molecule has 5 nitrogen and oxygen atoms in total. The molecular formula is C10H18ClN3O2. The molecule has 0 radical (unpaired) electrons. The summed E-state index contributed by atoms with van der Waals surface area (Å²) in [5, 5.41) is 5.92. The van der Waals surface area contributed by atoms with Gasteiger partial charge in [0, 0.05) is 19.6 Å². The van der Waals surface area contributed by atoms with E-state index in [1.165, 1.54) is 0 Å². The number of nitrogens with zero attached hydrogens (tertiary/aromatic N) is 1. The minimum absolute atomic E-state index is 0. The highest BCUT2D eigenvalue weighted by molar-refractivity contribution is 5.89.